The normalized spacial score (nSPS) is 12.1. The van der Waals surface area contributed by atoms with Gasteiger partial charge in [0.1, 0.15) is 11.5 Å². The number of hydrogen-bond acceptors (Lipinski definition) is 6. The zero-order chi connectivity index (χ0) is 21.6. The van der Waals surface area contributed by atoms with E-state index >= 15 is 0 Å². The highest BCUT2D eigenvalue weighted by Crippen LogP contribution is 2.21. The van der Waals surface area contributed by atoms with Crippen molar-refractivity contribution < 1.29 is 9.47 Å². The van der Waals surface area contributed by atoms with E-state index in [1.165, 1.54) is 15.9 Å². The highest BCUT2D eigenvalue weighted by Gasteiger charge is 2.11. The fourth-order valence-electron chi connectivity index (χ4n) is 3.05. The lowest BCUT2D eigenvalue weighted by Crippen LogP contribution is -2.23. The van der Waals surface area contributed by atoms with Crippen molar-refractivity contribution in [1.82, 2.24) is 14.6 Å². The number of allylic oxidation sites excluding steroid dienone is 1. The minimum atomic E-state index is -0.178. The van der Waals surface area contributed by atoms with Crippen LogP contribution in [0.3, 0.4) is 0 Å². The van der Waals surface area contributed by atoms with Gasteiger partial charge in [0.25, 0.3) is 5.56 Å². The van der Waals surface area contributed by atoms with Gasteiger partial charge in [0.05, 0.1) is 18.2 Å². The maximum atomic E-state index is 12.7. The molecule has 0 fully saturated rings. The van der Waals surface area contributed by atoms with Crippen molar-refractivity contribution in [2.24, 2.45) is 0 Å². The molecule has 2 heterocycles. The van der Waals surface area contributed by atoms with E-state index in [9.17, 15) is 4.79 Å². The summed E-state index contributed by atoms with van der Waals surface area (Å²) >= 11 is 1.32. The molecule has 0 N–H and O–H groups in total. The SMILES string of the molecule is CCCCOc1ccc(-c2nc3s/c(=C\C=C\c4ccccc4OC)c(=O)n3n2)cc1. The number of methoxy groups -OCH3 is 1. The number of unbranched alkanes of at least 4 members (excludes halogenated alkanes) is 1. The average Bonchev–Trinajstić information content (AvgIpc) is 3.34. The van der Waals surface area contributed by atoms with E-state index in [-0.39, 0.29) is 5.56 Å². The Kier molecular flexibility index (Phi) is 6.43. The lowest BCUT2D eigenvalue weighted by Gasteiger charge is -2.05. The lowest BCUT2D eigenvalue weighted by atomic mass is 10.2. The summed E-state index contributed by atoms with van der Waals surface area (Å²) in [7, 11) is 1.64. The Morgan fingerprint density at radius 2 is 1.94 bits per heavy atom. The number of fused-ring (bicyclic) bond motifs is 1. The maximum absolute atomic E-state index is 12.7. The molecule has 2 aromatic heterocycles. The van der Waals surface area contributed by atoms with Crippen molar-refractivity contribution in [3.05, 3.63) is 75.1 Å². The standard InChI is InChI=1S/C24H23N3O3S/c1-3-4-16-30-19-14-12-18(13-15-19)22-25-24-27(26-22)23(28)21(31-24)11-7-9-17-8-5-6-10-20(17)29-2/h5-15H,3-4,16H2,1-2H3/b9-7+,21-11-. The van der Waals surface area contributed by atoms with Crippen molar-refractivity contribution in [1.29, 1.82) is 0 Å². The fourth-order valence-corrected chi connectivity index (χ4v) is 3.91. The van der Waals surface area contributed by atoms with Crippen LogP contribution < -0.4 is 19.6 Å². The first-order chi connectivity index (χ1) is 15.2. The van der Waals surface area contributed by atoms with Crippen molar-refractivity contribution >= 4 is 28.4 Å². The van der Waals surface area contributed by atoms with E-state index in [1.807, 2.05) is 60.7 Å². The van der Waals surface area contributed by atoms with Crippen LogP contribution >= 0.6 is 11.3 Å². The summed E-state index contributed by atoms with van der Waals surface area (Å²) in [5, 5.41) is 4.40. The summed E-state index contributed by atoms with van der Waals surface area (Å²) in [6, 6.07) is 15.3. The summed E-state index contributed by atoms with van der Waals surface area (Å²) in [5.74, 6) is 2.13. The number of para-hydroxylation sites is 1. The molecule has 0 amide bonds. The molecule has 7 heteroatoms. The molecule has 0 unspecified atom stereocenters. The fraction of sp³-hybridized carbons (Fsp3) is 0.208. The molecule has 0 aliphatic rings. The van der Waals surface area contributed by atoms with Gasteiger partial charge in [0, 0.05) is 11.1 Å². The average molecular weight is 434 g/mol. The number of rotatable bonds is 8. The Hall–Kier alpha value is -3.45. The zero-order valence-corrected chi connectivity index (χ0v) is 18.3. The van der Waals surface area contributed by atoms with E-state index in [0.717, 1.165) is 35.5 Å². The molecular weight excluding hydrogens is 410 g/mol. The Morgan fingerprint density at radius 1 is 1.13 bits per heavy atom. The van der Waals surface area contributed by atoms with E-state index in [0.29, 0.717) is 21.9 Å². The Bertz CT molecular complexity index is 1310. The van der Waals surface area contributed by atoms with Gasteiger partial charge in [0.15, 0.2) is 5.82 Å². The van der Waals surface area contributed by atoms with Gasteiger partial charge < -0.3 is 9.47 Å². The molecule has 0 aliphatic carbocycles. The summed E-state index contributed by atoms with van der Waals surface area (Å²) in [5.41, 5.74) is 1.61. The van der Waals surface area contributed by atoms with Crippen LogP contribution in [0.25, 0.3) is 28.5 Å². The third-order valence-corrected chi connectivity index (χ3v) is 5.70. The van der Waals surface area contributed by atoms with Crippen molar-refractivity contribution in [3.63, 3.8) is 0 Å². The molecule has 4 rings (SSSR count). The third-order valence-electron chi connectivity index (χ3n) is 4.72. The number of thiazole rings is 1. The van der Waals surface area contributed by atoms with E-state index in [1.54, 1.807) is 13.2 Å². The van der Waals surface area contributed by atoms with E-state index in [4.69, 9.17) is 9.47 Å². The minimum absolute atomic E-state index is 0.178. The molecule has 31 heavy (non-hydrogen) atoms. The number of aromatic nitrogens is 3. The predicted octanol–water partition coefficient (Wildman–Crippen LogP) is 4.22. The summed E-state index contributed by atoms with van der Waals surface area (Å²) in [4.78, 5) is 17.8. The van der Waals surface area contributed by atoms with Crippen LogP contribution in [0, 0.1) is 0 Å². The first kappa shape index (κ1) is 20.8. The minimum Gasteiger partial charge on any atom is -0.496 e. The molecule has 4 aromatic rings. The van der Waals surface area contributed by atoms with Gasteiger partial charge in [-0.15, -0.1) is 5.10 Å². The van der Waals surface area contributed by atoms with Gasteiger partial charge in [0.2, 0.25) is 4.96 Å². The zero-order valence-electron chi connectivity index (χ0n) is 17.4. The summed E-state index contributed by atoms with van der Waals surface area (Å²) in [6.45, 7) is 2.84. The molecule has 0 bridgehead atoms. The van der Waals surface area contributed by atoms with Gasteiger partial charge >= 0.3 is 0 Å². The smallest absolute Gasteiger partial charge is 0.291 e. The molecule has 0 aliphatic heterocycles. The van der Waals surface area contributed by atoms with Gasteiger partial charge in [-0.25, -0.2) is 0 Å². The van der Waals surface area contributed by atoms with Gasteiger partial charge in [-0.2, -0.15) is 9.50 Å². The van der Waals surface area contributed by atoms with Gasteiger partial charge in [-0.3, -0.25) is 4.79 Å². The second-order valence-electron chi connectivity index (χ2n) is 6.90. The van der Waals surface area contributed by atoms with Crippen LogP contribution in [-0.4, -0.2) is 28.3 Å². The van der Waals surface area contributed by atoms with Crippen LogP contribution in [-0.2, 0) is 0 Å². The largest absolute Gasteiger partial charge is 0.496 e. The molecule has 0 saturated carbocycles. The van der Waals surface area contributed by atoms with Gasteiger partial charge in [-0.1, -0.05) is 55.0 Å². The molecule has 0 atom stereocenters. The maximum Gasteiger partial charge on any atom is 0.291 e. The quantitative estimate of drug-likeness (QED) is 0.389. The summed E-state index contributed by atoms with van der Waals surface area (Å²) in [6.07, 6.45) is 7.64. The molecular formula is C24H23N3O3S. The summed E-state index contributed by atoms with van der Waals surface area (Å²) < 4.78 is 13.0. The van der Waals surface area contributed by atoms with Crippen molar-refractivity contribution in [2.75, 3.05) is 13.7 Å². The lowest BCUT2D eigenvalue weighted by molar-refractivity contribution is 0.309. The second-order valence-corrected chi connectivity index (χ2v) is 7.90. The highest BCUT2D eigenvalue weighted by atomic mass is 32.1. The number of benzene rings is 2. The molecule has 158 valence electrons. The first-order valence-electron chi connectivity index (χ1n) is 10.1. The number of ether oxygens (including phenoxy) is 2. The molecule has 0 saturated heterocycles. The third kappa shape index (κ3) is 4.67. The predicted molar refractivity (Wildman–Crippen MR) is 125 cm³/mol. The molecule has 6 nitrogen and oxygen atoms in total. The first-order valence-corrected chi connectivity index (χ1v) is 11.0. The van der Waals surface area contributed by atoms with Crippen LogP contribution in [0.5, 0.6) is 11.5 Å². The second kappa shape index (κ2) is 9.57. The van der Waals surface area contributed by atoms with Crippen molar-refractivity contribution in [2.45, 2.75) is 19.8 Å². The van der Waals surface area contributed by atoms with Crippen LogP contribution in [0.2, 0.25) is 0 Å². The Labute approximate surface area is 184 Å². The van der Waals surface area contributed by atoms with Crippen LogP contribution in [0.4, 0.5) is 0 Å². The molecule has 0 spiro atoms. The van der Waals surface area contributed by atoms with E-state index < -0.39 is 0 Å². The van der Waals surface area contributed by atoms with E-state index in [2.05, 4.69) is 17.0 Å². The van der Waals surface area contributed by atoms with Crippen LogP contribution in [0.15, 0.2) is 59.4 Å². The number of nitrogens with zero attached hydrogens (tertiary/aromatic N) is 3. The number of hydrogen-bond donors (Lipinski definition) is 0. The monoisotopic (exact) mass is 433 g/mol. The Balaban J connectivity index is 1.55. The van der Waals surface area contributed by atoms with Gasteiger partial charge in [-0.05, 0) is 42.8 Å². The molecule has 0 radical (unpaired) electrons. The Morgan fingerprint density at radius 3 is 2.68 bits per heavy atom. The highest BCUT2D eigenvalue weighted by molar-refractivity contribution is 7.15. The topological polar surface area (TPSA) is 65.7 Å². The molecule has 2 aromatic carbocycles. The van der Waals surface area contributed by atoms with Crippen molar-refractivity contribution in [3.8, 4) is 22.9 Å². The van der Waals surface area contributed by atoms with Crippen LogP contribution in [0.1, 0.15) is 25.3 Å².